The van der Waals surface area contributed by atoms with Gasteiger partial charge in [-0.15, -0.1) is 0 Å². The molecule has 0 saturated heterocycles. The Morgan fingerprint density at radius 2 is 2.05 bits per heavy atom. The first-order valence-electron chi connectivity index (χ1n) is 7.03. The number of carbonyl (C=O) groups is 2. The van der Waals surface area contributed by atoms with Crippen LogP contribution in [0.15, 0.2) is 22.7 Å². The van der Waals surface area contributed by atoms with Crippen molar-refractivity contribution in [2.45, 2.75) is 26.2 Å². The van der Waals surface area contributed by atoms with E-state index in [9.17, 15) is 9.59 Å². The van der Waals surface area contributed by atoms with E-state index in [0.29, 0.717) is 21.8 Å². The van der Waals surface area contributed by atoms with E-state index in [4.69, 9.17) is 21.1 Å². The molecule has 0 saturated carbocycles. The zero-order valence-corrected chi connectivity index (χ0v) is 14.7. The summed E-state index contributed by atoms with van der Waals surface area (Å²) >= 11 is 9.08. The van der Waals surface area contributed by atoms with Crippen LogP contribution in [-0.2, 0) is 14.3 Å². The standard InChI is InChI=1S/C15H19BrClNO4/c1-2-3-4-7-18-14(19)9-22-15(20)10-21-13-6-5-11(17)8-12(13)16/h5-6,8H,2-4,7,9-10H2,1H3,(H,18,19). The zero-order valence-electron chi connectivity index (χ0n) is 12.4. The van der Waals surface area contributed by atoms with Crippen molar-refractivity contribution in [3.05, 3.63) is 27.7 Å². The topological polar surface area (TPSA) is 64.6 Å². The minimum Gasteiger partial charge on any atom is -0.481 e. The van der Waals surface area contributed by atoms with Crippen molar-refractivity contribution < 1.29 is 19.1 Å². The Labute approximate surface area is 143 Å². The fourth-order valence-corrected chi connectivity index (χ4v) is 2.37. The minimum absolute atomic E-state index is 0.274. The predicted octanol–water partition coefficient (Wildman–Crippen LogP) is 3.33. The Bertz CT molecular complexity index is 510. The van der Waals surface area contributed by atoms with Crippen LogP contribution in [0.2, 0.25) is 5.02 Å². The number of rotatable bonds is 9. The Morgan fingerprint density at radius 3 is 2.73 bits per heavy atom. The van der Waals surface area contributed by atoms with Crippen molar-refractivity contribution in [2.75, 3.05) is 19.8 Å². The van der Waals surface area contributed by atoms with Gasteiger partial charge in [-0.1, -0.05) is 31.4 Å². The smallest absolute Gasteiger partial charge is 0.344 e. The lowest BCUT2D eigenvalue weighted by atomic mass is 10.2. The summed E-state index contributed by atoms with van der Waals surface area (Å²) in [6.45, 7) is 2.11. The van der Waals surface area contributed by atoms with E-state index in [1.807, 2.05) is 0 Å². The highest BCUT2D eigenvalue weighted by Gasteiger charge is 2.09. The van der Waals surface area contributed by atoms with Gasteiger partial charge in [-0.05, 0) is 40.5 Å². The first-order valence-corrected chi connectivity index (χ1v) is 8.20. The van der Waals surface area contributed by atoms with Crippen LogP contribution in [0.3, 0.4) is 0 Å². The Morgan fingerprint density at radius 1 is 1.27 bits per heavy atom. The molecular formula is C15H19BrClNO4. The third-order valence-electron chi connectivity index (χ3n) is 2.71. The fraction of sp³-hybridized carbons (Fsp3) is 0.467. The maximum absolute atomic E-state index is 11.5. The SMILES string of the molecule is CCCCCNC(=O)COC(=O)COc1ccc(Cl)cc1Br. The van der Waals surface area contributed by atoms with E-state index in [1.54, 1.807) is 18.2 Å². The summed E-state index contributed by atoms with van der Waals surface area (Å²) in [5, 5.41) is 3.24. The first kappa shape index (κ1) is 18.8. The summed E-state index contributed by atoms with van der Waals surface area (Å²) < 4.78 is 10.8. The van der Waals surface area contributed by atoms with Crippen molar-refractivity contribution in [3.63, 3.8) is 0 Å². The van der Waals surface area contributed by atoms with Crippen LogP contribution in [0.25, 0.3) is 0 Å². The van der Waals surface area contributed by atoms with Gasteiger partial charge in [0.2, 0.25) is 0 Å². The molecule has 0 radical (unpaired) electrons. The highest BCUT2D eigenvalue weighted by Crippen LogP contribution is 2.27. The van der Waals surface area contributed by atoms with Gasteiger partial charge >= 0.3 is 5.97 Å². The normalized spacial score (nSPS) is 10.1. The van der Waals surface area contributed by atoms with Crippen LogP contribution >= 0.6 is 27.5 Å². The van der Waals surface area contributed by atoms with Crippen LogP contribution in [0, 0.1) is 0 Å². The van der Waals surface area contributed by atoms with E-state index in [2.05, 4.69) is 28.2 Å². The third-order valence-corrected chi connectivity index (χ3v) is 3.56. The summed E-state index contributed by atoms with van der Waals surface area (Å²) in [7, 11) is 0. The molecule has 0 aliphatic carbocycles. The first-order chi connectivity index (χ1) is 10.5. The third kappa shape index (κ3) is 7.66. The summed E-state index contributed by atoms with van der Waals surface area (Å²) in [5.41, 5.74) is 0. The number of amides is 1. The maximum Gasteiger partial charge on any atom is 0.344 e. The monoisotopic (exact) mass is 391 g/mol. The van der Waals surface area contributed by atoms with Crippen LogP contribution in [-0.4, -0.2) is 31.6 Å². The summed E-state index contributed by atoms with van der Waals surface area (Å²) in [6.07, 6.45) is 3.07. The van der Waals surface area contributed by atoms with E-state index < -0.39 is 5.97 Å². The summed E-state index contributed by atoms with van der Waals surface area (Å²) in [4.78, 5) is 22.9. The van der Waals surface area contributed by atoms with Gasteiger partial charge in [0.1, 0.15) is 5.75 Å². The van der Waals surface area contributed by atoms with Gasteiger partial charge in [0, 0.05) is 11.6 Å². The average Bonchev–Trinajstić information content (AvgIpc) is 2.48. The summed E-state index contributed by atoms with van der Waals surface area (Å²) in [6, 6.07) is 4.95. The lowest BCUT2D eigenvalue weighted by molar-refractivity contribution is -0.150. The summed E-state index contributed by atoms with van der Waals surface area (Å²) in [5.74, 6) is -0.437. The molecule has 1 N–H and O–H groups in total. The quantitative estimate of drug-likeness (QED) is 0.517. The molecule has 0 aliphatic rings. The molecule has 0 atom stereocenters. The minimum atomic E-state index is -0.606. The van der Waals surface area contributed by atoms with Gasteiger partial charge in [0.15, 0.2) is 13.2 Å². The second-order valence-corrected chi connectivity index (χ2v) is 5.87. The number of halogens is 2. The molecule has 0 unspecified atom stereocenters. The van der Waals surface area contributed by atoms with E-state index in [0.717, 1.165) is 19.3 Å². The Balaban J connectivity index is 2.22. The molecule has 0 aliphatic heterocycles. The van der Waals surface area contributed by atoms with E-state index in [-0.39, 0.29) is 19.1 Å². The van der Waals surface area contributed by atoms with Gasteiger partial charge in [-0.25, -0.2) is 4.79 Å². The number of esters is 1. The molecule has 0 bridgehead atoms. The van der Waals surface area contributed by atoms with Crippen molar-refractivity contribution >= 4 is 39.4 Å². The molecule has 22 heavy (non-hydrogen) atoms. The number of hydrogen-bond acceptors (Lipinski definition) is 4. The number of ether oxygens (including phenoxy) is 2. The van der Waals surface area contributed by atoms with Crippen molar-refractivity contribution in [1.82, 2.24) is 5.32 Å². The predicted molar refractivity (Wildman–Crippen MR) is 88.1 cm³/mol. The van der Waals surface area contributed by atoms with Gasteiger partial charge in [0.05, 0.1) is 4.47 Å². The van der Waals surface area contributed by atoms with E-state index in [1.165, 1.54) is 0 Å². The van der Waals surface area contributed by atoms with Crippen molar-refractivity contribution in [3.8, 4) is 5.75 Å². The zero-order chi connectivity index (χ0) is 16.4. The van der Waals surface area contributed by atoms with Crippen LogP contribution in [0.1, 0.15) is 26.2 Å². The largest absolute Gasteiger partial charge is 0.481 e. The van der Waals surface area contributed by atoms with Gasteiger partial charge in [-0.2, -0.15) is 0 Å². The van der Waals surface area contributed by atoms with E-state index >= 15 is 0 Å². The van der Waals surface area contributed by atoms with Crippen molar-refractivity contribution in [2.24, 2.45) is 0 Å². The second kappa shape index (κ2) is 10.5. The molecular weight excluding hydrogens is 374 g/mol. The van der Waals surface area contributed by atoms with Crippen LogP contribution < -0.4 is 10.1 Å². The average molecular weight is 393 g/mol. The molecule has 122 valence electrons. The molecule has 7 heteroatoms. The Kier molecular flexibility index (Phi) is 8.92. The number of nitrogens with one attached hydrogen (secondary N) is 1. The fourth-order valence-electron chi connectivity index (χ4n) is 1.57. The lowest BCUT2D eigenvalue weighted by Gasteiger charge is -2.09. The van der Waals surface area contributed by atoms with Crippen molar-refractivity contribution in [1.29, 1.82) is 0 Å². The van der Waals surface area contributed by atoms with Gasteiger partial charge < -0.3 is 14.8 Å². The molecule has 0 spiro atoms. The lowest BCUT2D eigenvalue weighted by Crippen LogP contribution is -2.30. The molecule has 5 nitrogen and oxygen atoms in total. The molecule has 1 aromatic rings. The molecule has 1 rings (SSSR count). The maximum atomic E-state index is 11.5. The molecule has 0 aromatic heterocycles. The number of carbonyl (C=O) groups excluding carboxylic acids is 2. The second-order valence-electron chi connectivity index (χ2n) is 4.58. The Hall–Kier alpha value is -1.27. The van der Waals surface area contributed by atoms with Gasteiger partial charge in [0.25, 0.3) is 5.91 Å². The molecule has 0 heterocycles. The number of hydrogen-bond donors (Lipinski definition) is 1. The highest BCUT2D eigenvalue weighted by atomic mass is 79.9. The van der Waals surface area contributed by atoms with Crippen LogP contribution in [0.5, 0.6) is 5.75 Å². The molecule has 1 amide bonds. The van der Waals surface area contributed by atoms with Crippen LogP contribution in [0.4, 0.5) is 0 Å². The number of unbranched alkanes of at least 4 members (excludes halogenated alkanes) is 2. The number of benzene rings is 1. The van der Waals surface area contributed by atoms with Gasteiger partial charge in [-0.3, -0.25) is 4.79 Å². The molecule has 1 aromatic carbocycles. The highest BCUT2D eigenvalue weighted by molar-refractivity contribution is 9.10. The molecule has 0 fully saturated rings.